The van der Waals surface area contributed by atoms with E-state index in [9.17, 15) is 19.8 Å². The normalized spacial score (nSPS) is 16.6. The number of aliphatic hydroxyl groups is 1. The summed E-state index contributed by atoms with van der Waals surface area (Å²) >= 11 is 1.55. The van der Waals surface area contributed by atoms with E-state index in [2.05, 4.69) is 46.5 Å². The first-order valence-corrected chi connectivity index (χ1v) is 25.3. The average molecular weight is 804 g/mol. The molecule has 2 aliphatic heterocycles. The zero-order valence-corrected chi connectivity index (χ0v) is 34.6. The van der Waals surface area contributed by atoms with Crippen molar-refractivity contribution in [2.75, 3.05) is 25.2 Å². The summed E-state index contributed by atoms with van der Waals surface area (Å²) in [6.07, 6.45) is 5.49. The Morgan fingerprint density at radius 2 is 1.80 bits per heavy atom. The Balaban J connectivity index is 1.10. The molecule has 15 nitrogen and oxygen atoms in total. The number of aromatic hydroxyl groups is 1. The minimum Gasteiger partial charge on any atom is -0.508 e. The van der Waals surface area contributed by atoms with Crippen molar-refractivity contribution >= 4 is 50.5 Å². The number of hydrogen-bond donors (Lipinski definition) is 2. The number of hydrogen-bond acceptors (Lipinski definition) is 14. The molecule has 0 unspecified atom stereocenters. The fraction of sp³-hybridized carbons (Fsp3) is 0.432. The summed E-state index contributed by atoms with van der Waals surface area (Å²) in [5.74, 6) is -0.663. The zero-order chi connectivity index (χ0) is 39.1. The van der Waals surface area contributed by atoms with Gasteiger partial charge in [0.25, 0.3) is 5.56 Å². The van der Waals surface area contributed by atoms with Gasteiger partial charge in [0.2, 0.25) is 8.32 Å². The van der Waals surface area contributed by atoms with Gasteiger partial charge in [0.15, 0.2) is 19.1 Å². The quantitative estimate of drug-likeness (QED) is 0.0503. The van der Waals surface area contributed by atoms with Crippen LogP contribution in [-0.2, 0) is 55.0 Å². The van der Waals surface area contributed by atoms with E-state index in [1.165, 1.54) is 0 Å². The van der Waals surface area contributed by atoms with E-state index in [0.717, 1.165) is 27.4 Å². The standard InChI is InChI=1S/C37H45N7O8SSi2/c1-7-37(48)29-14-31-32-27(19-44(31)34(46)28(29)21-51-35(37)47)33(26-13-25(45)9-10-30(26)40-32)55(5,6)52-54(3,4)22-53-36-38-15-23(16-39-36)17-43-18-24(41-42-43)20-50-12-11-49-8-2/h9-10,13-16,18,45,48H,7-8,11-12,17,19-22H2,1-6H3/t37-/m0/s1. The smallest absolute Gasteiger partial charge is 0.343 e. The van der Waals surface area contributed by atoms with Crippen LogP contribution in [0.15, 0.2) is 52.8 Å². The second-order valence-electron chi connectivity index (χ2n) is 14.8. The number of rotatable bonds is 15. The van der Waals surface area contributed by atoms with Crippen LogP contribution in [0.3, 0.4) is 0 Å². The lowest BCUT2D eigenvalue weighted by Crippen LogP contribution is -2.55. The van der Waals surface area contributed by atoms with E-state index >= 15 is 0 Å². The maximum Gasteiger partial charge on any atom is 0.343 e. The summed E-state index contributed by atoms with van der Waals surface area (Å²) in [5.41, 5.74) is 2.52. The molecule has 0 radical (unpaired) electrons. The van der Waals surface area contributed by atoms with Gasteiger partial charge >= 0.3 is 5.97 Å². The Morgan fingerprint density at radius 3 is 2.55 bits per heavy atom. The fourth-order valence-electron chi connectivity index (χ4n) is 7.37. The third-order valence-corrected chi connectivity index (χ3v) is 19.6. The Bertz CT molecular complexity index is 2320. The molecule has 290 valence electrons. The van der Waals surface area contributed by atoms with Gasteiger partial charge in [-0.2, -0.15) is 0 Å². The van der Waals surface area contributed by atoms with Gasteiger partial charge in [0.1, 0.15) is 18.1 Å². The van der Waals surface area contributed by atoms with Crippen LogP contribution >= 0.6 is 11.8 Å². The number of carbonyl (C=O) groups is 1. The molecule has 0 aliphatic carbocycles. The third kappa shape index (κ3) is 7.76. The van der Waals surface area contributed by atoms with Crippen LogP contribution in [0.5, 0.6) is 5.75 Å². The van der Waals surface area contributed by atoms with Crippen LogP contribution in [0, 0.1) is 0 Å². The van der Waals surface area contributed by atoms with Gasteiger partial charge in [-0.3, -0.25) is 4.79 Å². The number of aromatic nitrogens is 7. The van der Waals surface area contributed by atoms with Gasteiger partial charge in [-0.15, -0.1) is 5.10 Å². The largest absolute Gasteiger partial charge is 0.508 e. The van der Waals surface area contributed by atoms with E-state index in [1.54, 1.807) is 64.6 Å². The number of phenolic OH excluding ortho intramolecular Hbond substituents is 1. The second-order valence-corrected chi connectivity index (χ2v) is 24.5. The molecule has 2 N–H and O–H groups in total. The monoisotopic (exact) mass is 803 g/mol. The van der Waals surface area contributed by atoms with E-state index in [1.807, 2.05) is 13.1 Å². The van der Waals surface area contributed by atoms with Gasteiger partial charge in [0.05, 0.1) is 61.6 Å². The number of carbonyl (C=O) groups excluding carboxylic acids is 1. The summed E-state index contributed by atoms with van der Waals surface area (Å²) in [5, 5.41) is 33.4. The van der Waals surface area contributed by atoms with E-state index in [4.69, 9.17) is 23.3 Å². The number of thioether (sulfide) groups is 1. The van der Waals surface area contributed by atoms with Crippen LogP contribution in [0.4, 0.5) is 0 Å². The first-order valence-electron chi connectivity index (χ1n) is 18.2. The lowest BCUT2D eigenvalue weighted by Gasteiger charge is -2.35. The van der Waals surface area contributed by atoms with Crippen molar-refractivity contribution in [1.82, 2.24) is 34.5 Å². The maximum atomic E-state index is 14.0. The maximum absolute atomic E-state index is 14.0. The number of cyclic esters (lactones) is 1. The van der Waals surface area contributed by atoms with Gasteiger partial charge in [-0.25, -0.2) is 24.4 Å². The Hall–Kier alpha value is -4.31. The average Bonchev–Trinajstić information content (AvgIpc) is 3.75. The first kappa shape index (κ1) is 38.9. The second kappa shape index (κ2) is 15.3. The van der Waals surface area contributed by atoms with Crippen LogP contribution < -0.4 is 10.7 Å². The summed E-state index contributed by atoms with van der Waals surface area (Å²) in [6.45, 7) is 14.8. The molecule has 0 saturated carbocycles. The van der Waals surface area contributed by atoms with Gasteiger partial charge in [-0.1, -0.05) is 23.9 Å². The van der Waals surface area contributed by atoms with Crippen molar-refractivity contribution in [2.45, 2.75) is 83.5 Å². The molecule has 0 amide bonds. The van der Waals surface area contributed by atoms with Crippen molar-refractivity contribution in [2.24, 2.45) is 0 Å². The molecule has 7 rings (SSSR count). The minimum absolute atomic E-state index is 0.0568. The minimum atomic E-state index is -2.81. The number of ether oxygens (including phenoxy) is 3. The Kier molecular flexibility index (Phi) is 10.9. The Labute approximate surface area is 324 Å². The van der Waals surface area contributed by atoms with Crippen LogP contribution in [0.25, 0.3) is 22.3 Å². The number of pyridine rings is 2. The SMILES string of the molecule is CCOCCOCc1cn(Cc2cnc(SC[Si](C)(C)O[Si](C)(C)c3c4c(nc5ccc(O)cc35)-c3cc5c(c(=O)n3C4)COC(=O)[C@]5(O)CC)nc2)nn1. The van der Waals surface area contributed by atoms with Gasteiger partial charge < -0.3 is 33.1 Å². The third-order valence-electron chi connectivity index (χ3n) is 9.79. The molecular weight excluding hydrogens is 759 g/mol. The highest BCUT2D eigenvalue weighted by atomic mass is 32.2. The predicted octanol–water partition coefficient (Wildman–Crippen LogP) is 3.73. The topological polar surface area (TPSA) is 186 Å². The summed E-state index contributed by atoms with van der Waals surface area (Å²) in [6, 6.07) is 6.79. The molecule has 0 spiro atoms. The molecule has 18 heteroatoms. The molecule has 55 heavy (non-hydrogen) atoms. The van der Waals surface area contributed by atoms with Crippen LogP contribution in [0.1, 0.15) is 48.2 Å². The van der Waals surface area contributed by atoms with Crippen molar-refractivity contribution in [1.29, 1.82) is 0 Å². The molecule has 0 fully saturated rings. The van der Waals surface area contributed by atoms with Crippen molar-refractivity contribution in [3.8, 4) is 17.1 Å². The fourth-order valence-corrected chi connectivity index (χ4v) is 18.0. The summed E-state index contributed by atoms with van der Waals surface area (Å²) < 4.78 is 26.7. The molecule has 1 atom stereocenters. The zero-order valence-electron chi connectivity index (χ0n) is 31.8. The Morgan fingerprint density at radius 1 is 1.04 bits per heavy atom. The van der Waals surface area contributed by atoms with Crippen LogP contribution in [0.2, 0.25) is 26.2 Å². The highest BCUT2D eigenvalue weighted by molar-refractivity contribution is 8.00. The van der Waals surface area contributed by atoms with E-state index in [0.29, 0.717) is 60.4 Å². The molecule has 0 saturated heterocycles. The lowest BCUT2D eigenvalue weighted by molar-refractivity contribution is -0.172. The number of fused-ring (bicyclic) bond motifs is 5. The van der Waals surface area contributed by atoms with Crippen molar-refractivity contribution < 1.29 is 33.3 Å². The number of phenols is 1. The lowest BCUT2D eigenvalue weighted by atomic mass is 9.86. The van der Waals surface area contributed by atoms with Gasteiger partial charge in [-0.05, 0) is 69.0 Å². The molecular formula is C37H45N7O8SSi2. The number of esters is 1. The molecule has 2 aliphatic rings. The number of benzene rings is 1. The highest BCUT2D eigenvalue weighted by Crippen LogP contribution is 2.39. The first-order chi connectivity index (χ1) is 26.2. The molecule has 1 aromatic carbocycles. The molecule has 6 heterocycles. The van der Waals surface area contributed by atoms with Crippen LogP contribution in [-0.4, -0.2) is 92.5 Å². The summed E-state index contributed by atoms with van der Waals surface area (Å²) in [7, 11) is -5.22. The summed E-state index contributed by atoms with van der Waals surface area (Å²) in [4.78, 5) is 40.9. The van der Waals surface area contributed by atoms with Gasteiger partial charge in [0, 0.05) is 46.5 Å². The molecule has 5 aromatic rings. The molecule has 0 bridgehead atoms. The highest BCUT2D eigenvalue weighted by Gasteiger charge is 2.46. The predicted molar refractivity (Wildman–Crippen MR) is 210 cm³/mol. The number of nitrogens with zero attached hydrogens (tertiary/aromatic N) is 7. The molecule has 4 aromatic heterocycles. The van der Waals surface area contributed by atoms with Crippen molar-refractivity contribution in [3.05, 3.63) is 81.2 Å². The van der Waals surface area contributed by atoms with Crippen molar-refractivity contribution in [3.63, 3.8) is 0 Å². The van der Waals surface area contributed by atoms with E-state index < -0.39 is 28.2 Å². The van der Waals surface area contributed by atoms with E-state index in [-0.39, 0.29) is 42.0 Å².